The molecule has 0 saturated heterocycles. The minimum atomic E-state index is 0.892. The maximum atomic E-state index is 2.31. The smallest absolute Gasteiger partial charge is 0.00247 e. The van der Waals surface area contributed by atoms with Crippen molar-refractivity contribution < 1.29 is 0 Å². The molecule has 0 amide bonds. The molecule has 0 aromatic heterocycles. The van der Waals surface area contributed by atoms with Crippen LogP contribution in [0, 0.1) is 11.3 Å². The van der Waals surface area contributed by atoms with Gasteiger partial charge in [0.15, 0.2) is 0 Å². The fourth-order valence-electron chi connectivity index (χ4n) is 2.90. The largest absolute Gasteiger partial charge is 0.309 e. The van der Waals surface area contributed by atoms with Crippen LogP contribution in [0.25, 0.3) is 0 Å². The zero-order chi connectivity index (χ0) is 9.31. The highest BCUT2D eigenvalue weighted by atomic mass is 15.0. The van der Waals surface area contributed by atoms with Crippen LogP contribution in [0.1, 0.15) is 44.9 Å². The van der Waals surface area contributed by atoms with E-state index in [0.717, 1.165) is 11.3 Å². The van der Waals surface area contributed by atoms with Gasteiger partial charge in [-0.3, -0.25) is 0 Å². The Kier molecular flexibility index (Phi) is 2.64. The summed E-state index contributed by atoms with van der Waals surface area (Å²) < 4.78 is 0. The van der Waals surface area contributed by atoms with Crippen LogP contribution < -0.4 is 0 Å². The number of hydrogen-bond donors (Lipinski definition) is 0. The number of rotatable bonds is 4. The van der Waals surface area contributed by atoms with Crippen molar-refractivity contribution in [2.45, 2.75) is 44.9 Å². The normalized spacial score (nSPS) is 30.2. The van der Waals surface area contributed by atoms with Gasteiger partial charge in [-0.25, -0.2) is 0 Å². The first-order valence-electron chi connectivity index (χ1n) is 5.85. The molecule has 1 heteroatoms. The fourth-order valence-corrected chi connectivity index (χ4v) is 2.90. The summed E-state index contributed by atoms with van der Waals surface area (Å²) in [5, 5.41) is 0. The van der Waals surface area contributed by atoms with Crippen LogP contribution >= 0.6 is 0 Å². The van der Waals surface area contributed by atoms with Crippen molar-refractivity contribution in [2.24, 2.45) is 11.3 Å². The van der Waals surface area contributed by atoms with Crippen molar-refractivity contribution >= 4 is 0 Å². The summed E-state index contributed by atoms with van der Waals surface area (Å²) in [5.41, 5.74) is 0.892. The topological polar surface area (TPSA) is 3.24 Å². The molecular weight excluding hydrogens is 158 g/mol. The maximum absolute atomic E-state index is 2.31. The minimum absolute atomic E-state index is 0.892. The lowest BCUT2D eigenvalue weighted by atomic mass is 9.98. The van der Waals surface area contributed by atoms with Crippen LogP contribution in [0.3, 0.4) is 0 Å². The highest BCUT2D eigenvalue weighted by Gasteiger charge is 2.47. The Labute approximate surface area is 82.5 Å². The van der Waals surface area contributed by atoms with E-state index in [1.807, 2.05) is 0 Å². The first kappa shape index (κ1) is 9.51. The van der Waals surface area contributed by atoms with Crippen molar-refractivity contribution in [2.75, 3.05) is 20.6 Å². The predicted octanol–water partition coefficient (Wildman–Crippen LogP) is 2.91. The van der Waals surface area contributed by atoms with Crippen molar-refractivity contribution in [3.8, 4) is 0 Å². The van der Waals surface area contributed by atoms with E-state index < -0.39 is 0 Å². The summed E-state index contributed by atoms with van der Waals surface area (Å²) in [6.45, 7) is 1.28. The molecule has 1 nitrogen and oxygen atoms in total. The Morgan fingerprint density at radius 1 is 1.23 bits per heavy atom. The second-order valence-corrected chi connectivity index (χ2v) is 5.55. The van der Waals surface area contributed by atoms with Gasteiger partial charge in [-0.1, -0.05) is 0 Å². The first-order valence-corrected chi connectivity index (χ1v) is 5.85. The summed E-state index contributed by atoms with van der Waals surface area (Å²) in [6, 6.07) is 0. The monoisotopic (exact) mass is 181 g/mol. The van der Waals surface area contributed by atoms with Gasteiger partial charge in [0.25, 0.3) is 0 Å². The zero-order valence-corrected chi connectivity index (χ0v) is 9.18. The van der Waals surface area contributed by atoms with Crippen LogP contribution in [0.2, 0.25) is 0 Å². The molecule has 0 aromatic carbocycles. The van der Waals surface area contributed by atoms with Crippen LogP contribution in [0.15, 0.2) is 0 Å². The molecule has 0 heterocycles. The Hall–Kier alpha value is -0.0400. The molecular formula is C12H23N. The molecule has 2 fully saturated rings. The molecule has 0 aliphatic heterocycles. The van der Waals surface area contributed by atoms with E-state index in [1.165, 1.54) is 25.8 Å². The molecule has 0 N–H and O–H groups in total. The van der Waals surface area contributed by atoms with E-state index in [2.05, 4.69) is 19.0 Å². The molecule has 2 aliphatic rings. The van der Waals surface area contributed by atoms with Crippen molar-refractivity contribution in [3.63, 3.8) is 0 Å². The third kappa shape index (κ3) is 2.46. The van der Waals surface area contributed by atoms with Gasteiger partial charge in [-0.2, -0.15) is 0 Å². The molecule has 0 aromatic rings. The maximum Gasteiger partial charge on any atom is -0.00247 e. The van der Waals surface area contributed by atoms with E-state index in [1.54, 1.807) is 25.7 Å². The quantitative estimate of drug-likeness (QED) is 0.644. The summed E-state index contributed by atoms with van der Waals surface area (Å²) in [6.07, 6.45) is 10.7. The van der Waals surface area contributed by atoms with Crippen LogP contribution in [-0.4, -0.2) is 25.5 Å². The molecule has 2 saturated carbocycles. The number of nitrogens with zero attached hydrogens (tertiary/aromatic N) is 1. The van der Waals surface area contributed by atoms with Crippen LogP contribution in [0.5, 0.6) is 0 Å². The summed E-state index contributed by atoms with van der Waals surface area (Å²) in [5.74, 6) is 1.09. The highest BCUT2D eigenvalue weighted by molar-refractivity contribution is 4.99. The molecule has 1 spiro atoms. The Morgan fingerprint density at radius 3 is 2.54 bits per heavy atom. The average molecular weight is 181 g/mol. The van der Waals surface area contributed by atoms with Gasteiger partial charge in [0.1, 0.15) is 0 Å². The third-order valence-electron chi connectivity index (χ3n) is 3.98. The summed E-state index contributed by atoms with van der Waals surface area (Å²) in [7, 11) is 4.36. The minimum Gasteiger partial charge on any atom is -0.309 e. The van der Waals surface area contributed by atoms with E-state index in [-0.39, 0.29) is 0 Å². The lowest BCUT2D eigenvalue weighted by Crippen LogP contribution is -2.13. The average Bonchev–Trinajstić information content (AvgIpc) is 2.67. The molecule has 2 rings (SSSR count). The molecule has 13 heavy (non-hydrogen) atoms. The molecule has 2 aliphatic carbocycles. The Balaban J connectivity index is 1.61. The molecule has 76 valence electrons. The lowest BCUT2D eigenvalue weighted by Gasteiger charge is -2.12. The summed E-state index contributed by atoms with van der Waals surface area (Å²) in [4.78, 5) is 2.31. The lowest BCUT2D eigenvalue weighted by molar-refractivity contribution is 0.361. The Morgan fingerprint density at radius 2 is 2.00 bits per heavy atom. The van der Waals surface area contributed by atoms with Gasteiger partial charge in [0.05, 0.1) is 0 Å². The van der Waals surface area contributed by atoms with Gasteiger partial charge in [0.2, 0.25) is 0 Å². The van der Waals surface area contributed by atoms with Crippen molar-refractivity contribution in [1.82, 2.24) is 4.90 Å². The predicted molar refractivity (Wildman–Crippen MR) is 56.8 cm³/mol. The van der Waals surface area contributed by atoms with E-state index in [4.69, 9.17) is 0 Å². The van der Waals surface area contributed by atoms with Gasteiger partial charge in [0, 0.05) is 0 Å². The first-order chi connectivity index (χ1) is 6.20. The van der Waals surface area contributed by atoms with Crippen LogP contribution in [0.4, 0.5) is 0 Å². The van der Waals surface area contributed by atoms with Gasteiger partial charge in [-0.05, 0) is 76.9 Å². The standard InChI is InChI=1S/C12H23N/c1-13(2)9-3-4-11-5-6-12(10-11)7-8-12/h11H,3-10H2,1-2H3. The van der Waals surface area contributed by atoms with E-state index >= 15 is 0 Å². The third-order valence-corrected chi connectivity index (χ3v) is 3.98. The SMILES string of the molecule is CN(C)CCCC1CCC2(CC2)C1. The van der Waals surface area contributed by atoms with Gasteiger partial charge in [-0.15, -0.1) is 0 Å². The van der Waals surface area contributed by atoms with Gasteiger partial charge < -0.3 is 4.90 Å². The molecule has 1 atom stereocenters. The highest BCUT2D eigenvalue weighted by Crippen LogP contribution is 2.60. The Bertz CT molecular complexity index is 170. The molecule has 0 radical (unpaired) electrons. The van der Waals surface area contributed by atoms with Gasteiger partial charge >= 0.3 is 0 Å². The van der Waals surface area contributed by atoms with E-state index in [9.17, 15) is 0 Å². The zero-order valence-electron chi connectivity index (χ0n) is 9.18. The van der Waals surface area contributed by atoms with Crippen molar-refractivity contribution in [3.05, 3.63) is 0 Å². The second kappa shape index (κ2) is 3.61. The summed E-state index contributed by atoms with van der Waals surface area (Å²) >= 11 is 0. The fraction of sp³-hybridized carbons (Fsp3) is 1.00. The molecule has 1 unspecified atom stereocenters. The van der Waals surface area contributed by atoms with E-state index in [0.29, 0.717) is 0 Å². The van der Waals surface area contributed by atoms with Crippen molar-refractivity contribution in [1.29, 1.82) is 0 Å². The second-order valence-electron chi connectivity index (χ2n) is 5.55. The number of hydrogen-bond acceptors (Lipinski definition) is 1. The molecule has 0 bridgehead atoms. The van der Waals surface area contributed by atoms with Crippen LogP contribution in [-0.2, 0) is 0 Å².